The molecule has 0 spiro atoms. The van der Waals surface area contributed by atoms with Crippen LogP contribution in [0.4, 0.5) is 0 Å². The highest BCUT2D eigenvalue weighted by Gasteiger charge is 2.24. The van der Waals surface area contributed by atoms with Gasteiger partial charge in [-0.25, -0.2) is 0 Å². The molecule has 18 heavy (non-hydrogen) atoms. The van der Waals surface area contributed by atoms with Crippen molar-refractivity contribution in [2.45, 2.75) is 25.3 Å². The van der Waals surface area contributed by atoms with Crippen molar-refractivity contribution in [2.75, 3.05) is 20.1 Å². The Labute approximate surface area is 114 Å². The average Bonchev–Trinajstić information content (AvgIpc) is 2.90. The number of halogens is 1. The third-order valence-electron chi connectivity index (χ3n) is 3.22. The van der Waals surface area contributed by atoms with Crippen molar-refractivity contribution >= 4 is 18.3 Å². The standard InChI is InChI=1S/C13H19N3O.ClH/c1-16(13(17)12-3-2-7-15-12)10-6-11-4-8-14-9-5-11;/h4-5,8-9,12,15H,2-3,6-7,10H2,1H3;1H. The maximum Gasteiger partial charge on any atom is 0.239 e. The Hall–Kier alpha value is -1.13. The number of likely N-dealkylation sites (N-methyl/N-ethyl adjacent to an activating group) is 1. The van der Waals surface area contributed by atoms with E-state index in [2.05, 4.69) is 10.3 Å². The van der Waals surface area contributed by atoms with Crippen molar-refractivity contribution in [3.63, 3.8) is 0 Å². The number of carbonyl (C=O) groups excluding carboxylic acids is 1. The number of pyridine rings is 1. The van der Waals surface area contributed by atoms with E-state index in [0.717, 1.165) is 32.4 Å². The molecule has 1 N–H and O–H groups in total. The first kappa shape index (κ1) is 14.9. The van der Waals surface area contributed by atoms with Gasteiger partial charge in [-0.1, -0.05) is 0 Å². The van der Waals surface area contributed by atoms with Gasteiger partial charge in [0, 0.05) is 26.0 Å². The van der Waals surface area contributed by atoms with Gasteiger partial charge in [-0.15, -0.1) is 12.4 Å². The Morgan fingerprint density at radius 2 is 2.22 bits per heavy atom. The molecular weight excluding hydrogens is 250 g/mol. The van der Waals surface area contributed by atoms with Crippen molar-refractivity contribution < 1.29 is 4.79 Å². The van der Waals surface area contributed by atoms with Crippen LogP contribution in [0.25, 0.3) is 0 Å². The number of amides is 1. The molecule has 1 saturated heterocycles. The highest BCUT2D eigenvalue weighted by Crippen LogP contribution is 2.08. The van der Waals surface area contributed by atoms with Crippen molar-refractivity contribution in [1.29, 1.82) is 0 Å². The van der Waals surface area contributed by atoms with Crippen LogP contribution in [0.5, 0.6) is 0 Å². The molecule has 1 fully saturated rings. The molecule has 1 unspecified atom stereocenters. The van der Waals surface area contributed by atoms with Crippen LogP contribution >= 0.6 is 12.4 Å². The van der Waals surface area contributed by atoms with Crippen LogP contribution in [0.2, 0.25) is 0 Å². The molecule has 100 valence electrons. The summed E-state index contributed by atoms with van der Waals surface area (Å²) < 4.78 is 0. The third-order valence-corrected chi connectivity index (χ3v) is 3.22. The largest absolute Gasteiger partial charge is 0.344 e. The fraction of sp³-hybridized carbons (Fsp3) is 0.538. The van der Waals surface area contributed by atoms with Gasteiger partial charge >= 0.3 is 0 Å². The summed E-state index contributed by atoms with van der Waals surface area (Å²) in [5.41, 5.74) is 1.22. The molecule has 0 aromatic carbocycles. The second-order valence-corrected chi connectivity index (χ2v) is 4.51. The molecule has 1 amide bonds. The Bertz CT molecular complexity index is 366. The zero-order valence-electron chi connectivity index (χ0n) is 10.6. The van der Waals surface area contributed by atoms with Gasteiger partial charge in [0.2, 0.25) is 5.91 Å². The van der Waals surface area contributed by atoms with E-state index >= 15 is 0 Å². The van der Waals surface area contributed by atoms with E-state index < -0.39 is 0 Å². The molecule has 1 atom stereocenters. The average molecular weight is 270 g/mol. The molecule has 4 nitrogen and oxygen atoms in total. The Kier molecular flexibility index (Phi) is 6.09. The van der Waals surface area contributed by atoms with E-state index in [1.807, 2.05) is 24.1 Å². The molecule has 0 radical (unpaired) electrons. The van der Waals surface area contributed by atoms with Gasteiger partial charge in [0.1, 0.15) is 0 Å². The first-order valence-electron chi connectivity index (χ1n) is 6.14. The van der Waals surface area contributed by atoms with Gasteiger partial charge in [0.25, 0.3) is 0 Å². The molecule has 0 saturated carbocycles. The summed E-state index contributed by atoms with van der Waals surface area (Å²) in [6, 6.07) is 4.02. The molecule has 1 aliphatic heterocycles. The van der Waals surface area contributed by atoms with Crippen LogP contribution in [-0.2, 0) is 11.2 Å². The smallest absolute Gasteiger partial charge is 0.239 e. The highest BCUT2D eigenvalue weighted by atomic mass is 35.5. The lowest BCUT2D eigenvalue weighted by Gasteiger charge is -2.21. The van der Waals surface area contributed by atoms with E-state index in [0.29, 0.717) is 0 Å². The number of carbonyl (C=O) groups is 1. The summed E-state index contributed by atoms with van der Waals surface area (Å²) in [5.74, 6) is 0.219. The van der Waals surface area contributed by atoms with E-state index in [1.54, 1.807) is 12.4 Å². The number of nitrogens with one attached hydrogen (secondary N) is 1. The maximum absolute atomic E-state index is 12.0. The summed E-state index contributed by atoms with van der Waals surface area (Å²) in [6.07, 6.45) is 6.54. The third kappa shape index (κ3) is 3.96. The predicted molar refractivity (Wildman–Crippen MR) is 73.9 cm³/mol. The maximum atomic E-state index is 12.0. The van der Waals surface area contributed by atoms with Crippen LogP contribution in [0, 0.1) is 0 Å². The lowest BCUT2D eigenvalue weighted by atomic mass is 10.1. The first-order chi connectivity index (χ1) is 8.27. The Morgan fingerprint density at radius 1 is 1.50 bits per heavy atom. The van der Waals surface area contributed by atoms with Gasteiger partial charge in [-0.2, -0.15) is 0 Å². The fourth-order valence-electron chi connectivity index (χ4n) is 2.12. The molecule has 0 bridgehead atoms. The van der Waals surface area contributed by atoms with E-state index in [9.17, 15) is 4.79 Å². The molecule has 2 rings (SSSR count). The number of nitrogens with zero attached hydrogens (tertiary/aromatic N) is 2. The van der Waals surface area contributed by atoms with Gasteiger partial charge in [0.15, 0.2) is 0 Å². The summed E-state index contributed by atoms with van der Waals surface area (Å²) in [7, 11) is 1.88. The first-order valence-corrected chi connectivity index (χ1v) is 6.14. The summed E-state index contributed by atoms with van der Waals surface area (Å²) in [4.78, 5) is 17.8. The number of hydrogen-bond donors (Lipinski definition) is 1. The van der Waals surface area contributed by atoms with Crippen LogP contribution in [0.3, 0.4) is 0 Å². The highest BCUT2D eigenvalue weighted by molar-refractivity contribution is 5.85. The lowest BCUT2D eigenvalue weighted by molar-refractivity contribution is -0.131. The van der Waals surface area contributed by atoms with Gasteiger partial charge < -0.3 is 10.2 Å². The zero-order chi connectivity index (χ0) is 12.1. The van der Waals surface area contributed by atoms with Crippen LogP contribution in [0.15, 0.2) is 24.5 Å². The van der Waals surface area contributed by atoms with E-state index in [1.165, 1.54) is 5.56 Å². The summed E-state index contributed by atoms with van der Waals surface area (Å²) in [6.45, 7) is 1.73. The number of aromatic nitrogens is 1. The molecule has 1 aromatic heterocycles. The van der Waals surface area contributed by atoms with Crippen molar-refractivity contribution in [3.8, 4) is 0 Å². The topological polar surface area (TPSA) is 45.2 Å². The summed E-state index contributed by atoms with van der Waals surface area (Å²) in [5, 5.41) is 3.23. The number of hydrogen-bond acceptors (Lipinski definition) is 3. The van der Waals surface area contributed by atoms with Crippen molar-refractivity contribution in [3.05, 3.63) is 30.1 Å². The van der Waals surface area contributed by atoms with Gasteiger partial charge in [0.05, 0.1) is 6.04 Å². The quantitative estimate of drug-likeness (QED) is 0.895. The van der Waals surface area contributed by atoms with Gasteiger partial charge in [-0.3, -0.25) is 9.78 Å². The molecule has 5 heteroatoms. The van der Waals surface area contributed by atoms with Crippen molar-refractivity contribution in [2.24, 2.45) is 0 Å². The second kappa shape index (κ2) is 7.34. The zero-order valence-corrected chi connectivity index (χ0v) is 11.4. The van der Waals surface area contributed by atoms with Crippen LogP contribution < -0.4 is 5.32 Å². The monoisotopic (exact) mass is 269 g/mol. The molecular formula is C13H20ClN3O. The minimum absolute atomic E-state index is 0. The predicted octanol–water partition coefficient (Wildman–Crippen LogP) is 1.26. The molecule has 2 heterocycles. The minimum Gasteiger partial charge on any atom is -0.344 e. The van der Waals surface area contributed by atoms with Crippen LogP contribution in [0.1, 0.15) is 18.4 Å². The second-order valence-electron chi connectivity index (χ2n) is 4.51. The van der Waals surface area contributed by atoms with Crippen LogP contribution in [-0.4, -0.2) is 42.0 Å². The van der Waals surface area contributed by atoms with E-state index in [4.69, 9.17) is 0 Å². The molecule has 1 aromatic rings. The van der Waals surface area contributed by atoms with Crippen molar-refractivity contribution in [1.82, 2.24) is 15.2 Å². The fourth-order valence-corrected chi connectivity index (χ4v) is 2.12. The van der Waals surface area contributed by atoms with E-state index in [-0.39, 0.29) is 24.4 Å². The Morgan fingerprint density at radius 3 is 2.83 bits per heavy atom. The molecule has 1 aliphatic rings. The Balaban J connectivity index is 0.00000162. The number of rotatable bonds is 4. The normalized spacial score (nSPS) is 18.2. The SMILES string of the molecule is CN(CCc1ccncc1)C(=O)C1CCCN1.Cl. The van der Waals surface area contributed by atoms with Gasteiger partial charge in [-0.05, 0) is 43.5 Å². The lowest BCUT2D eigenvalue weighted by Crippen LogP contribution is -2.42. The minimum atomic E-state index is 0. The molecule has 0 aliphatic carbocycles. The summed E-state index contributed by atoms with van der Waals surface area (Å²) >= 11 is 0.